The van der Waals surface area contributed by atoms with E-state index < -0.39 is 0 Å². The van der Waals surface area contributed by atoms with Crippen molar-refractivity contribution in [1.82, 2.24) is 20.7 Å². The standard InChI is InChI=1S/C22H31N5O2/c1-2-23-22(24-13-9-15-27-14-8-4-7-12-21(27)28)25-17-19-16-20(29-26-19)18-10-5-3-6-11-18/h3,5-6,10-11,16H,2,4,7-9,12-15,17H2,1H3,(H2,23,24,25). The van der Waals surface area contributed by atoms with Gasteiger partial charge in [-0.3, -0.25) is 4.79 Å². The molecule has 1 fully saturated rings. The molecule has 0 spiro atoms. The van der Waals surface area contributed by atoms with Gasteiger partial charge in [0, 0.05) is 44.2 Å². The van der Waals surface area contributed by atoms with Crippen LogP contribution in [0.5, 0.6) is 0 Å². The predicted molar refractivity (Wildman–Crippen MR) is 114 cm³/mol. The van der Waals surface area contributed by atoms with Crippen LogP contribution in [0.25, 0.3) is 11.3 Å². The number of likely N-dealkylation sites (tertiary alicyclic amines) is 1. The first-order valence-electron chi connectivity index (χ1n) is 10.6. The Balaban J connectivity index is 1.47. The molecule has 0 atom stereocenters. The van der Waals surface area contributed by atoms with Crippen LogP contribution >= 0.6 is 0 Å². The van der Waals surface area contributed by atoms with Crippen LogP contribution in [0.3, 0.4) is 0 Å². The van der Waals surface area contributed by atoms with E-state index in [0.29, 0.717) is 18.9 Å². The first kappa shape index (κ1) is 20.9. The van der Waals surface area contributed by atoms with E-state index in [2.05, 4.69) is 20.8 Å². The lowest BCUT2D eigenvalue weighted by atomic mass is 10.2. The van der Waals surface area contributed by atoms with E-state index in [9.17, 15) is 4.79 Å². The summed E-state index contributed by atoms with van der Waals surface area (Å²) in [7, 11) is 0. The lowest BCUT2D eigenvalue weighted by Crippen LogP contribution is -2.39. The summed E-state index contributed by atoms with van der Waals surface area (Å²) in [5.41, 5.74) is 1.79. The summed E-state index contributed by atoms with van der Waals surface area (Å²) in [6.45, 7) is 5.72. The van der Waals surface area contributed by atoms with Crippen LogP contribution in [0.4, 0.5) is 0 Å². The van der Waals surface area contributed by atoms with E-state index in [-0.39, 0.29) is 0 Å². The average molecular weight is 398 g/mol. The van der Waals surface area contributed by atoms with Crippen LogP contribution in [0.15, 0.2) is 45.9 Å². The molecule has 3 rings (SSSR count). The van der Waals surface area contributed by atoms with E-state index in [4.69, 9.17) is 4.52 Å². The zero-order valence-corrected chi connectivity index (χ0v) is 17.2. The maximum Gasteiger partial charge on any atom is 0.222 e. The van der Waals surface area contributed by atoms with Crippen molar-refractivity contribution in [1.29, 1.82) is 0 Å². The zero-order valence-electron chi connectivity index (χ0n) is 17.2. The van der Waals surface area contributed by atoms with E-state index in [1.54, 1.807) is 0 Å². The number of guanidine groups is 1. The Morgan fingerprint density at radius 1 is 1.21 bits per heavy atom. The molecular formula is C22H31N5O2. The molecule has 1 saturated heterocycles. The van der Waals surface area contributed by atoms with Gasteiger partial charge in [0.05, 0.1) is 6.54 Å². The summed E-state index contributed by atoms with van der Waals surface area (Å²) < 4.78 is 5.43. The molecular weight excluding hydrogens is 366 g/mol. The summed E-state index contributed by atoms with van der Waals surface area (Å²) in [6, 6.07) is 11.8. The second kappa shape index (κ2) is 11.2. The molecule has 0 bridgehead atoms. The van der Waals surface area contributed by atoms with Crippen molar-refractivity contribution in [3.05, 3.63) is 42.1 Å². The highest BCUT2D eigenvalue weighted by Gasteiger charge is 2.15. The fourth-order valence-corrected chi connectivity index (χ4v) is 3.38. The minimum Gasteiger partial charge on any atom is -0.357 e. The van der Waals surface area contributed by atoms with Gasteiger partial charge in [-0.1, -0.05) is 41.9 Å². The van der Waals surface area contributed by atoms with E-state index in [0.717, 1.165) is 74.8 Å². The van der Waals surface area contributed by atoms with E-state index in [1.165, 1.54) is 0 Å². The Morgan fingerprint density at radius 2 is 2.07 bits per heavy atom. The predicted octanol–water partition coefficient (Wildman–Crippen LogP) is 3.19. The number of carbonyl (C=O) groups is 1. The van der Waals surface area contributed by atoms with E-state index in [1.807, 2.05) is 48.2 Å². The number of aromatic nitrogens is 1. The monoisotopic (exact) mass is 397 g/mol. The molecule has 156 valence electrons. The molecule has 1 aliphatic heterocycles. The van der Waals surface area contributed by atoms with Gasteiger partial charge in [0.25, 0.3) is 0 Å². The van der Waals surface area contributed by atoms with Crippen LogP contribution in [0, 0.1) is 0 Å². The Morgan fingerprint density at radius 3 is 2.90 bits per heavy atom. The van der Waals surface area contributed by atoms with Gasteiger partial charge in [-0.15, -0.1) is 0 Å². The molecule has 2 N–H and O–H groups in total. The van der Waals surface area contributed by atoms with E-state index >= 15 is 0 Å². The number of nitrogens with zero attached hydrogens (tertiary/aromatic N) is 3. The number of nitrogens with one attached hydrogen (secondary N) is 2. The number of rotatable bonds is 8. The number of benzene rings is 1. The molecule has 7 nitrogen and oxygen atoms in total. The number of hydrogen-bond donors (Lipinski definition) is 2. The van der Waals surface area contributed by atoms with Crippen LogP contribution in [-0.2, 0) is 11.3 Å². The van der Waals surface area contributed by atoms with Gasteiger partial charge in [-0.25, -0.2) is 4.99 Å². The van der Waals surface area contributed by atoms with Gasteiger partial charge in [0.2, 0.25) is 5.91 Å². The number of aliphatic imine (C=N–C) groups is 1. The quantitative estimate of drug-likeness (QED) is 0.406. The largest absolute Gasteiger partial charge is 0.357 e. The third kappa shape index (κ3) is 6.62. The lowest BCUT2D eigenvalue weighted by molar-refractivity contribution is -0.130. The molecule has 0 radical (unpaired) electrons. The Labute approximate surface area is 172 Å². The fraction of sp³-hybridized carbons (Fsp3) is 0.500. The first-order valence-corrected chi connectivity index (χ1v) is 10.6. The average Bonchev–Trinajstić information content (AvgIpc) is 3.13. The highest BCUT2D eigenvalue weighted by Crippen LogP contribution is 2.19. The van der Waals surface area contributed by atoms with Crippen molar-refractivity contribution < 1.29 is 9.32 Å². The summed E-state index contributed by atoms with van der Waals surface area (Å²) in [5.74, 6) is 1.79. The lowest BCUT2D eigenvalue weighted by Gasteiger charge is -2.20. The van der Waals surface area contributed by atoms with Crippen LogP contribution < -0.4 is 10.6 Å². The molecule has 7 heteroatoms. The minimum atomic E-state index is 0.295. The van der Waals surface area contributed by atoms with Crippen LogP contribution in [0.1, 0.15) is 44.7 Å². The van der Waals surface area contributed by atoms with Crippen LogP contribution in [0.2, 0.25) is 0 Å². The van der Waals surface area contributed by atoms with Gasteiger partial charge in [-0.05, 0) is 26.2 Å². The number of hydrogen-bond acceptors (Lipinski definition) is 4. The fourth-order valence-electron chi connectivity index (χ4n) is 3.38. The summed E-state index contributed by atoms with van der Waals surface area (Å²) >= 11 is 0. The molecule has 2 heterocycles. The topological polar surface area (TPSA) is 82.8 Å². The molecule has 1 aromatic heterocycles. The van der Waals surface area contributed by atoms with Gasteiger partial charge in [-0.2, -0.15) is 0 Å². The highest BCUT2D eigenvalue weighted by molar-refractivity contribution is 5.79. The SMILES string of the molecule is CCNC(=NCc1cc(-c2ccccc2)on1)NCCCN1CCCCCC1=O. The normalized spacial score (nSPS) is 15.3. The molecule has 1 amide bonds. The van der Waals surface area contributed by atoms with Gasteiger partial charge in [0.1, 0.15) is 5.69 Å². The van der Waals surface area contributed by atoms with Crippen molar-refractivity contribution in [2.24, 2.45) is 4.99 Å². The van der Waals surface area contributed by atoms with Gasteiger partial charge < -0.3 is 20.1 Å². The summed E-state index contributed by atoms with van der Waals surface area (Å²) in [4.78, 5) is 18.7. The summed E-state index contributed by atoms with van der Waals surface area (Å²) in [6.07, 6.45) is 4.90. The van der Waals surface area contributed by atoms with Crippen molar-refractivity contribution in [2.75, 3.05) is 26.2 Å². The zero-order chi connectivity index (χ0) is 20.3. The molecule has 0 aliphatic carbocycles. The van der Waals surface area contributed by atoms with Crippen molar-refractivity contribution in [2.45, 2.75) is 45.6 Å². The minimum absolute atomic E-state index is 0.295. The second-order valence-electron chi connectivity index (χ2n) is 7.22. The van der Waals surface area contributed by atoms with Gasteiger partial charge in [0.15, 0.2) is 11.7 Å². The second-order valence-corrected chi connectivity index (χ2v) is 7.22. The maximum absolute atomic E-state index is 12.1. The van der Waals surface area contributed by atoms with Crippen molar-refractivity contribution in [3.8, 4) is 11.3 Å². The molecule has 29 heavy (non-hydrogen) atoms. The molecule has 1 aliphatic rings. The Hall–Kier alpha value is -2.83. The maximum atomic E-state index is 12.1. The number of carbonyl (C=O) groups excluding carboxylic acids is 1. The van der Waals surface area contributed by atoms with Gasteiger partial charge >= 0.3 is 0 Å². The third-order valence-electron chi connectivity index (χ3n) is 4.93. The molecule has 2 aromatic rings. The van der Waals surface area contributed by atoms with Crippen LogP contribution in [-0.4, -0.2) is 48.1 Å². The third-order valence-corrected chi connectivity index (χ3v) is 4.93. The Bertz CT molecular complexity index is 788. The highest BCUT2D eigenvalue weighted by atomic mass is 16.5. The van der Waals surface area contributed by atoms with Crippen molar-refractivity contribution >= 4 is 11.9 Å². The molecule has 0 unspecified atom stereocenters. The summed E-state index contributed by atoms with van der Waals surface area (Å²) in [5, 5.41) is 10.7. The van der Waals surface area contributed by atoms with Crippen molar-refractivity contribution in [3.63, 3.8) is 0 Å². The first-order chi connectivity index (χ1) is 14.3. The Kier molecular flexibility index (Phi) is 8.10. The molecule has 1 aromatic carbocycles. The molecule has 0 saturated carbocycles. The smallest absolute Gasteiger partial charge is 0.222 e. The number of amides is 1.